The number of benzene rings is 1. The van der Waals surface area contributed by atoms with Gasteiger partial charge < -0.3 is 20.3 Å². The van der Waals surface area contributed by atoms with E-state index in [1.165, 1.54) is 12.1 Å². The molecule has 7 heteroatoms. The number of hydrogen-bond acceptors (Lipinski definition) is 4. The maximum Gasteiger partial charge on any atom is 0.191 e. The highest BCUT2D eigenvalue weighted by Gasteiger charge is 2.01. The number of ether oxygens (including phenoxy) is 1. The van der Waals surface area contributed by atoms with E-state index >= 15 is 0 Å². The summed E-state index contributed by atoms with van der Waals surface area (Å²) in [7, 11) is 5.63. The fourth-order valence-corrected chi connectivity index (χ4v) is 3.03. The normalized spacial score (nSPS) is 11.8. The Balaban J connectivity index is 2.06. The van der Waals surface area contributed by atoms with Crippen molar-refractivity contribution in [1.29, 1.82) is 0 Å². The van der Waals surface area contributed by atoms with Gasteiger partial charge in [-0.3, -0.25) is 4.99 Å². The number of hydrogen-bond donors (Lipinski definition) is 2. The molecule has 142 valence electrons. The number of nitrogens with zero attached hydrogens (tertiary/aromatic N) is 2. The summed E-state index contributed by atoms with van der Waals surface area (Å²) in [5, 5.41) is 6.64. The lowest BCUT2D eigenvalue weighted by Gasteiger charge is -2.18. The Bertz CT molecular complexity index is 484. The molecule has 0 amide bonds. The predicted octanol–water partition coefficient (Wildman–Crippen LogP) is 2.44. The second-order valence-corrected chi connectivity index (χ2v) is 6.90. The minimum absolute atomic E-state index is 0.190. The van der Waals surface area contributed by atoms with Gasteiger partial charge in [0.05, 0.1) is 0 Å². The predicted molar refractivity (Wildman–Crippen MR) is 105 cm³/mol. The van der Waals surface area contributed by atoms with Gasteiger partial charge in [-0.2, -0.15) is 0 Å². The second-order valence-electron chi connectivity index (χ2n) is 5.73. The molecule has 1 aromatic carbocycles. The van der Waals surface area contributed by atoms with Gasteiger partial charge in [-0.05, 0) is 49.9 Å². The van der Waals surface area contributed by atoms with E-state index < -0.39 is 0 Å². The van der Waals surface area contributed by atoms with Gasteiger partial charge in [-0.25, -0.2) is 4.39 Å². The monoisotopic (exact) mass is 370 g/mol. The smallest absolute Gasteiger partial charge is 0.191 e. The van der Waals surface area contributed by atoms with Crippen LogP contribution in [0.1, 0.15) is 12.8 Å². The van der Waals surface area contributed by atoms with E-state index in [2.05, 4.69) is 27.6 Å². The van der Waals surface area contributed by atoms with Crippen LogP contribution < -0.4 is 10.6 Å². The van der Waals surface area contributed by atoms with E-state index in [0.29, 0.717) is 0 Å². The summed E-state index contributed by atoms with van der Waals surface area (Å²) in [6, 6.07) is 6.63. The Morgan fingerprint density at radius 3 is 2.56 bits per heavy atom. The van der Waals surface area contributed by atoms with Gasteiger partial charge in [-0.1, -0.05) is 0 Å². The van der Waals surface area contributed by atoms with E-state index in [9.17, 15) is 4.39 Å². The minimum atomic E-state index is -0.190. The average molecular weight is 371 g/mol. The first-order valence-electron chi connectivity index (χ1n) is 8.66. The van der Waals surface area contributed by atoms with Crippen LogP contribution in [0.25, 0.3) is 0 Å². The molecule has 0 atom stereocenters. The molecular weight excluding hydrogens is 339 g/mol. The summed E-state index contributed by atoms with van der Waals surface area (Å²) in [5.41, 5.74) is 0. The van der Waals surface area contributed by atoms with Crippen LogP contribution in [-0.4, -0.2) is 70.6 Å². The van der Waals surface area contributed by atoms with Crippen molar-refractivity contribution in [2.75, 3.05) is 59.7 Å². The summed E-state index contributed by atoms with van der Waals surface area (Å²) in [4.78, 5) is 7.61. The molecule has 0 saturated carbocycles. The van der Waals surface area contributed by atoms with Crippen LogP contribution in [0.4, 0.5) is 4.39 Å². The van der Waals surface area contributed by atoms with E-state index in [4.69, 9.17) is 4.74 Å². The first-order valence-corrected chi connectivity index (χ1v) is 9.64. The van der Waals surface area contributed by atoms with Crippen LogP contribution in [0.5, 0.6) is 0 Å². The lowest BCUT2D eigenvalue weighted by molar-refractivity contribution is 0.180. The Morgan fingerprint density at radius 2 is 1.88 bits per heavy atom. The van der Waals surface area contributed by atoms with Gasteiger partial charge in [0.1, 0.15) is 5.82 Å². The fraction of sp³-hybridized carbons (Fsp3) is 0.611. The lowest BCUT2D eigenvalue weighted by atomic mass is 10.4. The number of methoxy groups -OCH3 is 1. The molecule has 5 nitrogen and oxygen atoms in total. The molecule has 0 heterocycles. The number of halogens is 1. The zero-order valence-electron chi connectivity index (χ0n) is 15.6. The molecule has 25 heavy (non-hydrogen) atoms. The van der Waals surface area contributed by atoms with Crippen molar-refractivity contribution < 1.29 is 9.13 Å². The summed E-state index contributed by atoms with van der Waals surface area (Å²) in [6.07, 6.45) is 2.06. The van der Waals surface area contributed by atoms with Gasteiger partial charge in [0.25, 0.3) is 0 Å². The van der Waals surface area contributed by atoms with E-state index in [1.54, 1.807) is 25.9 Å². The molecule has 2 N–H and O–H groups in total. The topological polar surface area (TPSA) is 48.9 Å². The SMILES string of the molecule is CN=C(NCCCSc1ccc(F)cc1)NCCN(C)CCCOC. The highest BCUT2D eigenvalue weighted by Crippen LogP contribution is 2.18. The van der Waals surface area contributed by atoms with Gasteiger partial charge in [0.2, 0.25) is 0 Å². The molecule has 0 unspecified atom stereocenters. The third kappa shape index (κ3) is 11.0. The molecule has 0 bridgehead atoms. The molecule has 1 rings (SSSR count). The zero-order valence-corrected chi connectivity index (χ0v) is 16.4. The number of nitrogens with one attached hydrogen (secondary N) is 2. The molecular formula is C18H31FN4OS. The average Bonchev–Trinajstić information content (AvgIpc) is 2.61. The van der Waals surface area contributed by atoms with Crippen molar-refractivity contribution in [2.24, 2.45) is 4.99 Å². The quantitative estimate of drug-likeness (QED) is 0.256. The van der Waals surface area contributed by atoms with Crippen LogP contribution >= 0.6 is 11.8 Å². The van der Waals surface area contributed by atoms with Crippen LogP contribution in [0.3, 0.4) is 0 Å². The Morgan fingerprint density at radius 1 is 1.16 bits per heavy atom. The standard InChI is InChI=1S/C18H31FN4OS/c1-20-18(22-11-13-23(2)12-5-14-24-3)21-10-4-15-25-17-8-6-16(19)7-9-17/h6-9H,4-5,10-15H2,1-3H3,(H2,20,21,22). The van der Waals surface area contributed by atoms with Crippen LogP contribution in [0.2, 0.25) is 0 Å². The molecule has 0 spiro atoms. The minimum Gasteiger partial charge on any atom is -0.385 e. The highest BCUT2D eigenvalue weighted by atomic mass is 32.2. The number of guanidine groups is 1. The van der Waals surface area contributed by atoms with Crippen LogP contribution in [0.15, 0.2) is 34.2 Å². The molecule has 1 aromatic rings. The van der Waals surface area contributed by atoms with Gasteiger partial charge >= 0.3 is 0 Å². The lowest BCUT2D eigenvalue weighted by Crippen LogP contribution is -2.41. The van der Waals surface area contributed by atoms with E-state index in [-0.39, 0.29) is 5.82 Å². The third-order valence-electron chi connectivity index (χ3n) is 3.59. The first kappa shape index (κ1) is 21.7. The van der Waals surface area contributed by atoms with E-state index in [1.807, 2.05) is 12.1 Å². The Hall–Kier alpha value is -1.31. The number of aliphatic imine (C=N–C) groups is 1. The van der Waals surface area contributed by atoms with Crippen molar-refractivity contribution in [1.82, 2.24) is 15.5 Å². The number of rotatable bonds is 12. The van der Waals surface area contributed by atoms with Crippen molar-refractivity contribution in [3.63, 3.8) is 0 Å². The maximum atomic E-state index is 12.8. The highest BCUT2D eigenvalue weighted by molar-refractivity contribution is 7.99. The number of likely N-dealkylation sites (N-methyl/N-ethyl adjacent to an activating group) is 1. The van der Waals surface area contributed by atoms with Crippen molar-refractivity contribution in [3.8, 4) is 0 Å². The molecule has 0 radical (unpaired) electrons. The summed E-state index contributed by atoms with van der Waals surface area (Å²) < 4.78 is 17.9. The summed E-state index contributed by atoms with van der Waals surface area (Å²) >= 11 is 1.74. The largest absolute Gasteiger partial charge is 0.385 e. The van der Waals surface area contributed by atoms with Crippen LogP contribution in [-0.2, 0) is 4.74 Å². The third-order valence-corrected chi connectivity index (χ3v) is 4.69. The van der Waals surface area contributed by atoms with E-state index in [0.717, 1.165) is 62.2 Å². The first-order chi connectivity index (χ1) is 12.2. The van der Waals surface area contributed by atoms with Crippen molar-refractivity contribution in [2.45, 2.75) is 17.7 Å². The summed E-state index contributed by atoms with van der Waals surface area (Å²) in [6.45, 7) is 4.51. The molecule has 0 saturated heterocycles. The number of thioether (sulfide) groups is 1. The van der Waals surface area contributed by atoms with Crippen molar-refractivity contribution >= 4 is 17.7 Å². The molecule has 0 aliphatic rings. The Kier molecular flexibility index (Phi) is 12.1. The molecule has 0 fully saturated rings. The zero-order chi connectivity index (χ0) is 18.3. The second kappa shape index (κ2) is 13.9. The molecule has 0 aliphatic heterocycles. The maximum absolute atomic E-state index is 12.8. The molecule has 0 aliphatic carbocycles. The summed E-state index contributed by atoms with van der Waals surface area (Å²) in [5.74, 6) is 1.63. The molecule has 0 aromatic heterocycles. The van der Waals surface area contributed by atoms with Gasteiger partial charge in [0, 0.05) is 51.8 Å². The van der Waals surface area contributed by atoms with Crippen molar-refractivity contribution in [3.05, 3.63) is 30.1 Å². The Labute approximate surface area is 155 Å². The van der Waals surface area contributed by atoms with Gasteiger partial charge in [-0.15, -0.1) is 11.8 Å². The van der Waals surface area contributed by atoms with Gasteiger partial charge in [0.15, 0.2) is 5.96 Å². The fourth-order valence-electron chi connectivity index (χ4n) is 2.18. The van der Waals surface area contributed by atoms with Crippen LogP contribution in [0, 0.1) is 5.82 Å².